The molecule has 8 nitrogen and oxygen atoms in total. The van der Waals surface area contributed by atoms with Crippen molar-refractivity contribution < 1.29 is 37.6 Å². The smallest absolute Gasteiger partial charge is 0.457 e. The Labute approximate surface area is 213 Å². The van der Waals surface area contributed by atoms with E-state index in [1.807, 2.05) is 21.1 Å². The Morgan fingerprint density at radius 2 is 1.51 bits per heavy atom. The molecule has 0 heterocycles. The Hall–Kier alpha value is -1.02. The van der Waals surface area contributed by atoms with Gasteiger partial charge in [-0.05, 0) is 38.5 Å². The zero-order valence-electron chi connectivity index (χ0n) is 22.5. The molecule has 0 radical (unpaired) electrons. The van der Waals surface area contributed by atoms with Gasteiger partial charge < -0.3 is 19.2 Å². The van der Waals surface area contributed by atoms with Crippen LogP contribution in [0.5, 0.6) is 0 Å². The maximum absolute atomic E-state index is 12.0. The van der Waals surface area contributed by atoms with Gasteiger partial charge in [-0.1, -0.05) is 63.3 Å². The van der Waals surface area contributed by atoms with E-state index in [1.54, 1.807) is 0 Å². The molecule has 35 heavy (non-hydrogen) atoms. The number of aliphatic hydroxyl groups excluding tert-OH is 1. The minimum atomic E-state index is -4.26. The van der Waals surface area contributed by atoms with Crippen LogP contribution in [-0.4, -0.2) is 74.1 Å². The number of allylic oxidation sites excluding steroid dienone is 4. The second kappa shape index (κ2) is 21.1. The molecular formula is C26H51NO7P+. The second-order valence-electron chi connectivity index (χ2n) is 9.89. The van der Waals surface area contributed by atoms with Gasteiger partial charge >= 0.3 is 13.8 Å². The van der Waals surface area contributed by atoms with E-state index < -0.39 is 33.1 Å². The lowest BCUT2D eigenvalue weighted by Crippen LogP contribution is -2.37. The van der Waals surface area contributed by atoms with Gasteiger partial charge in [-0.3, -0.25) is 13.8 Å². The van der Waals surface area contributed by atoms with Crippen molar-refractivity contribution in [1.29, 1.82) is 0 Å². The summed E-state index contributed by atoms with van der Waals surface area (Å²) in [5.74, 6) is -0.447. The molecule has 0 rings (SSSR count). The molecule has 0 aliphatic carbocycles. The highest BCUT2D eigenvalue weighted by Gasteiger charge is 2.25. The summed E-state index contributed by atoms with van der Waals surface area (Å²) in [6.45, 7) is 1.90. The van der Waals surface area contributed by atoms with Crippen molar-refractivity contribution >= 4 is 13.8 Å². The number of esters is 1. The fourth-order valence-electron chi connectivity index (χ4n) is 3.09. The molecule has 0 bridgehead atoms. The van der Waals surface area contributed by atoms with Crippen LogP contribution in [-0.2, 0) is 23.1 Å². The van der Waals surface area contributed by atoms with Gasteiger partial charge in [-0.25, -0.2) is 4.57 Å². The van der Waals surface area contributed by atoms with Crippen LogP contribution in [0.25, 0.3) is 0 Å². The Kier molecular flexibility index (Phi) is 20.5. The lowest BCUT2D eigenvalue weighted by atomic mass is 10.1. The van der Waals surface area contributed by atoms with Crippen molar-refractivity contribution in [2.75, 3.05) is 47.5 Å². The summed E-state index contributed by atoms with van der Waals surface area (Å²) in [7, 11) is 1.53. The standard InChI is InChI=1S/C26H50NO7P/c1-5-6-7-8-9-10-11-12-13-14-15-16-17-18-19-20-26(29)34-25(23-28)24-33-35(30,31)32-22-21-27(2,3)4/h9-10,12-13,25,28H,5-8,11,14-24H2,1-4H3/p+1/b10-9+,13-12-/t25-/m1/s1. The average molecular weight is 521 g/mol. The highest BCUT2D eigenvalue weighted by Crippen LogP contribution is 2.43. The molecule has 206 valence electrons. The third kappa shape index (κ3) is 24.5. The second-order valence-corrected chi connectivity index (χ2v) is 11.3. The Morgan fingerprint density at radius 1 is 0.914 bits per heavy atom. The minimum Gasteiger partial charge on any atom is -0.457 e. The molecule has 0 aromatic rings. The van der Waals surface area contributed by atoms with E-state index in [9.17, 15) is 19.4 Å². The highest BCUT2D eigenvalue weighted by atomic mass is 31.2. The van der Waals surface area contributed by atoms with Crippen LogP contribution >= 0.6 is 7.82 Å². The number of ether oxygens (including phenoxy) is 1. The van der Waals surface area contributed by atoms with Crippen LogP contribution in [0.1, 0.15) is 84.0 Å². The maximum Gasteiger partial charge on any atom is 0.472 e. The van der Waals surface area contributed by atoms with Gasteiger partial charge in [0.05, 0.1) is 34.4 Å². The highest BCUT2D eigenvalue weighted by molar-refractivity contribution is 7.47. The topological polar surface area (TPSA) is 102 Å². The van der Waals surface area contributed by atoms with E-state index in [2.05, 4.69) is 31.2 Å². The lowest BCUT2D eigenvalue weighted by Gasteiger charge is -2.24. The molecule has 0 saturated heterocycles. The summed E-state index contributed by atoms with van der Waals surface area (Å²) < 4.78 is 27.4. The molecule has 0 fully saturated rings. The van der Waals surface area contributed by atoms with Crippen molar-refractivity contribution in [3.63, 3.8) is 0 Å². The van der Waals surface area contributed by atoms with Crippen LogP contribution in [0.15, 0.2) is 24.3 Å². The van der Waals surface area contributed by atoms with E-state index >= 15 is 0 Å². The van der Waals surface area contributed by atoms with Gasteiger partial charge in [0.1, 0.15) is 19.3 Å². The van der Waals surface area contributed by atoms with Crippen LogP contribution in [0.4, 0.5) is 0 Å². The van der Waals surface area contributed by atoms with Gasteiger partial charge in [0.25, 0.3) is 0 Å². The first-order valence-electron chi connectivity index (χ1n) is 13.1. The van der Waals surface area contributed by atoms with Crippen molar-refractivity contribution in [3.05, 3.63) is 24.3 Å². The summed E-state index contributed by atoms with van der Waals surface area (Å²) in [5.41, 5.74) is 0. The molecule has 1 unspecified atom stereocenters. The number of quaternary nitrogens is 1. The van der Waals surface area contributed by atoms with E-state index in [1.165, 1.54) is 25.7 Å². The molecule has 2 atom stereocenters. The number of rotatable bonds is 23. The van der Waals surface area contributed by atoms with Crippen molar-refractivity contribution in [3.8, 4) is 0 Å². The lowest BCUT2D eigenvalue weighted by molar-refractivity contribution is -0.870. The molecule has 0 aliphatic heterocycles. The Balaban J connectivity index is 3.80. The molecule has 0 aromatic carbocycles. The number of hydrogen-bond donors (Lipinski definition) is 2. The predicted octanol–water partition coefficient (Wildman–Crippen LogP) is 5.54. The van der Waals surface area contributed by atoms with Crippen LogP contribution < -0.4 is 0 Å². The zero-order chi connectivity index (χ0) is 26.4. The minimum absolute atomic E-state index is 0.0493. The quantitative estimate of drug-likeness (QED) is 0.0599. The molecule has 9 heteroatoms. The number of phosphoric ester groups is 1. The van der Waals surface area contributed by atoms with E-state index in [0.717, 1.165) is 38.5 Å². The third-order valence-corrected chi connectivity index (χ3v) is 6.26. The fraction of sp³-hybridized carbons (Fsp3) is 0.808. The molecule has 0 spiro atoms. The van der Waals surface area contributed by atoms with Crippen LogP contribution in [0, 0.1) is 0 Å². The monoisotopic (exact) mass is 520 g/mol. The number of unbranched alkanes of at least 4 members (excludes halogenated alkanes) is 8. The number of carbonyl (C=O) groups is 1. The SMILES string of the molecule is CCCCC/C=C/C/C=C\CCCCCCCC(=O)O[C@H](CO)COP(=O)(O)OCC[N+](C)(C)C. The number of carbonyl (C=O) groups excluding carboxylic acids is 1. The largest absolute Gasteiger partial charge is 0.472 e. The van der Waals surface area contributed by atoms with Crippen molar-refractivity contribution in [1.82, 2.24) is 0 Å². The first-order valence-corrected chi connectivity index (χ1v) is 14.6. The summed E-state index contributed by atoms with van der Waals surface area (Å²) >= 11 is 0. The molecule has 0 aromatic heterocycles. The van der Waals surface area contributed by atoms with Gasteiger partial charge in [0.2, 0.25) is 0 Å². The number of phosphoric acid groups is 1. The third-order valence-electron chi connectivity index (χ3n) is 5.27. The van der Waals surface area contributed by atoms with E-state index in [4.69, 9.17) is 13.8 Å². The fourth-order valence-corrected chi connectivity index (χ4v) is 3.84. The first-order chi connectivity index (χ1) is 16.6. The summed E-state index contributed by atoms with van der Waals surface area (Å²) in [6.07, 6.45) is 20.3. The van der Waals surface area contributed by atoms with Crippen molar-refractivity contribution in [2.24, 2.45) is 0 Å². The first kappa shape index (κ1) is 34.0. The molecule has 2 N–H and O–H groups in total. The normalized spacial score (nSPS) is 15.0. The van der Waals surface area contributed by atoms with Gasteiger partial charge in [0, 0.05) is 6.42 Å². The van der Waals surface area contributed by atoms with Gasteiger partial charge in [0.15, 0.2) is 0 Å². The number of nitrogens with zero attached hydrogens (tertiary/aromatic N) is 1. The Morgan fingerprint density at radius 3 is 2.11 bits per heavy atom. The van der Waals surface area contributed by atoms with E-state index in [-0.39, 0.29) is 13.0 Å². The predicted molar refractivity (Wildman–Crippen MR) is 141 cm³/mol. The summed E-state index contributed by atoms with van der Waals surface area (Å²) in [4.78, 5) is 21.7. The van der Waals surface area contributed by atoms with Crippen LogP contribution in [0.2, 0.25) is 0 Å². The van der Waals surface area contributed by atoms with Crippen LogP contribution in [0.3, 0.4) is 0 Å². The zero-order valence-corrected chi connectivity index (χ0v) is 23.4. The maximum atomic E-state index is 12.0. The van der Waals surface area contributed by atoms with E-state index in [0.29, 0.717) is 17.4 Å². The Bertz CT molecular complexity index is 632. The molecule has 0 saturated carbocycles. The molecule has 0 aliphatic rings. The van der Waals surface area contributed by atoms with Gasteiger partial charge in [-0.15, -0.1) is 0 Å². The summed E-state index contributed by atoms with van der Waals surface area (Å²) in [6, 6.07) is 0. The van der Waals surface area contributed by atoms with Crippen molar-refractivity contribution in [2.45, 2.75) is 90.1 Å². The van der Waals surface area contributed by atoms with Gasteiger partial charge in [-0.2, -0.15) is 0 Å². The number of likely N-dealkylation sites (N-methyl/N-ethyl adjacent to an activating group) is 1. The summed E-state index contributed by atoms with van der Waals surface area (Å²) in [5, 5.41) is 9.38. The average Bonchev–Trinajstić information content (AvgIpc) is 2.78. The molecular weight excluding hydrogens is 469 g/mol. The molecule has 0 amide bonds. The number of hydrogen-bond acceptors (Lipinski definition) is 6. The number of aliphatic hydroxyl groups is 1.